The molecule has 0 aliphatic heterocycles. The molecule has 0 heterocycles. The number of aryl methyl sites for hydroxylation is 1. The summed E-state index contributed by atoms with van der Waals surface area (Å²) >= 11 is 0. The van der Waals surface area contributed by atoms with Crippen molar-refractivity contribution in [3.8, 4) is 18.4 Å². The summed E-state index contributed by atoms with van der Waals surface area (Å²) in [4.78, 5) is 4.63. The van der Waals surface area contributed by atoms with Crippen LogP contribution in [0.3, 0.4) is 0 Å². The lowest BCUT2D eigenvalue weighted by Crippen LogP contribution is -2.27. The molecule has 0 radical (unpaired) electrons. The average Bonchev–Trinajstić information content (AvgIpc) is 3.70. The maximum atomic E-state index is 9.42. The second-order valence-electron chi connectivity index (χ2n) is 10.1. The smallest absolute Gasteiger partial charge is 0.0991 e. The van der Waals surface area contributed by atoms with Crippen molar-refractivity contribution in [3.63, 3.8) is 0 Å². The Hall–Kier alpha value is -3.14. The molecule has 0 saturated heterocycles. The molecule has 1 saturated carbocycles. The zero-order chi connectivity index (χ0) is 26.8. The van der Waals surface area contributed by atoms with Gasteiger partial charge in [0.05, 0.1) is 17.7 Å². The Balaban J connectivity index is 2.48. The third-order valence-corrected chi connectivity index (χ3v) is 7.05. The summed E-state index contributed by atoms with van der Waals surface area (Å²) in [5, 5.41) is 12.9. The van der Waals surface area contributed by atoms with E-state index >= 15 is 0 Å². The Kier molecular flexibility index (Phi) is 11.2. The fourth-order valence-electron chi connectivity index (χ4n) is 4.63. The van der Waals surface area contributed by atoms with Crippen LogP contribution in [0, 0.1) is 36.5 Å². The van der Waals surface area contributed by atoms with Gasteiger partial charge in [0.25, 0.3) is 0 Å². The number of hydrogen-bond acceptors (Lipinski definition) is 3. The first-order valence-corrected chi connectivity index (χ1v) is 13.1. The molecule has 1 unspecified atom stereocenters. The molecule has 1 fully saturated rings. The van der Waals surface area contributed by atoms with E-state index in [1.807, 2.05) is 25.2 Å². The molecular weight excluding hydrogens is 438 g/mol. The van der Waals surface area contributed by atoms with E-state index in [1.54, 1.807) is 0 Å². The first-order valence-electron chi connectivity index (χ1n) is 13.1. The van der Waals surface area contributed by atoms with Crippen LogP contribution < -0.4 is 5.32 Å². The number of aliphatic imine (C=N–C) groups is 1. The van der Waals surface area contributed by atoms with Crippen LogP contribution in [0.4, 0.5) is 0 Å². The van der Waals surface area contributed by atoms with E-state index in [-0.39, 0.29) is 12.0 Å². The van der Waals surface area contributed by atoms with Crippen LogP contribution in [0.25, 0.3) is 0 Å². The number of hydrogen-bond donors (Lipinski definition) is 1. The van der Waals surface area contributed by atoms with Crippen LogP contribution in [0.2, 0.25) is 0 Å². The second kappa shape index (κ2) is 13.8. The van der Waals surface area contributed by atoms with E-state index in [2.05, 4.69) is 76.2 Å². The zero-order valence-corrected chi connectivity index (χ0v) is 23.2. The largest absolute Gasteiger partial charge is 0.303 e. The van der Waals surface area contributed by atoms with Crippen LogP contribution in [-0.4, -0.2) is 25.3 Å². The van der Waals surface area contributed by atoms with Gasteiger partial charge in [0.15, 0.2) is 0 Å². The van der Waals surface area contributed by atoms with Gasteiger partial charge in [-0.05, 0) is 106 Å². The lowest BCUT2D eigenvalue weighted by molar-refractivity contribution is 0.590. The van der Waals surface area contributed by atoms with Gasteiger partial charge in [-0.3, -0.25) is 4.99 Å². The van der Waals surface area contributed by atoms with E-state index in [0.29, 0.717) is 11.5 Å². The Labute approximate surface area is 219 Å². The highest BCUT2D eigenvalue weighted by Gasteiger charge is 2.31. The Morgan fingerprint density at radius 1 is 1.31 bits per heavy atom. The molecule has 0 aromatic heterocycles. The summed E-state index contributed by atoms with van der Waals surface area (Å²) in [6.45, 7) is 20.2. The van der Waals surface area contributed by atoms with E-state index in [9.17, 15) is 5.26 Å². The Bertz CT molecular complexity index is 1140. The quantitative estimate of drug-likeness (QED) is 0.136. The van der Waals surface area contributed by atoms with Crippen molar-refractivity contribution in [2.75, 3.05) is 13.6 Å². The number of terminal acetylenes is 1. The molecular formula is C33H43N3. The maximum Gasteiger partial charge on any atom is 0.0991 e. The van der Waals surface area contributed by atoms with Crippen molar-refractivity contribution in [1.29, 1.82) is 5.26 Å². The molecule has 36 heavy (non-hydrogen) atoms. The number of nitrogens with zero attached hydrogens (tertiary/aromatic N) is 2. The van der Waals surface area contributed by atoms with Gasteiger partial charge in [0.2, 0.25) is 0 Å². The monoisotopic (exact) mass is 481 g/mol. The number of rotatable bonds is 13. The van der Waals surface area contributed by atoms with Crippen LogP contribution >= 0.6 is 0 Å². The van der Waals surface area contributed by atoms with Crippen LogP contribution in [0.1, 0.15) is 82.4 Å². The van der Waals surface area contributed by atoms with Crippen molar-refractivity contribution >= 4 is 5.71 Å². The van der Waals surface area contributed by atoms with Crippen molar-refractivity contribution in [1.82, 2.24) is 5.32 Å². The standard InChI is InChI=1S/C33H43N3/c1-10-29(11-2)36-17-16-23(5)18-30(22(3)4)33(26(8)35-9)32(28-14-15-28)19-25(7)31-20-27(21-34)13-12-24(31)6/h1,12-13,19-20,25,28-29,36H,3,5,11,14-18H2,2,4,6-9H3/b32-19-,33-30+,35-26?/t25?,29-/m1/s1. The zero-order valence-electron chi connectivity index (χ0n) is 23.2. The molecule has 3 nitrogen and oxygen atoms in total. The molecule has 0 amide bonds. The number of nitrogens with one attached hydrogen (secondary N) is 1. The predicted octanol–water partition coefficient (Wildman–Crippen LogP) is 7.61. The highest BCUT2D eigenvalue weighted by Crippen LogP contribution is 2.44. The van der Waals surface area contributed by atoms with Gasteiger partial charge in [-0.2, -0.15) is 5.26 Å². The summed E-state index contributed by atoms with van der Waals surface area (Å²) in [5.74, 6) is 3.51. The highest BCUT2D eigenvalue weighted by molar-refractivity contribution is 6.03. The van der Waals surface area contributed by atoms with Gasteiger partial charge >= 0.3 is 0 Å². The molecule has 190 valence electrons. The van der Waals surface area contributed by atoms with Gasteiger partial charge < -0.3 is 5.32 Å². The number of benzene rings is 1. The van der Waals surface area contributed by atoms with Crippen molar-refractivity contribution in [2.24, 2.45) is 10.9 Å². The Morgan fingerprint density at radius 3 is 2.53 bits per heavy atom. The maximum absolute atomic E-state index is 9.42. The van der Waals surface area contributed by atoms with E-state index in [4.69, 9.17) is 6.42 Å². The molecule has 3 heteroatoms. The Morgan fingerprint density at radius 2 is 2.00 bits per heavy atom. The highest BCUT2D eigenvalue weighted by atomic mass is 14.9. The molecule has 2 atom stereocenters. The summed E-state index contributed by atoms with van der Waals surface area (Å²) in [6.07, 6.45) is 12.9. The molecule has 0 spiro atoms. The normalized spacial score (nSPS) is 16.4. The van der Waals surface area contributed by atoms with Gasteiger partial charge in [-0.15, -0.1) is 6.42 Å². The predicted molar refractivity (Wildman–Crippen MR) is 155 cm³/mol. The fourth-order valence-corrected chi connectivity index (χ4v) is 4.63. The third kappa shape index (κ3) is 7.94. The topological polar surface area (TPSA) is 48.2 Å². The summed E-state index contributed by atoms with van der Waals surface area (Å²) in [5.41, 5.74) is 10.2. The van der Waals surface area contributed by atoms with Crippen LogP contribution in [0.15, 0.2) is 70.3 Å². The van der Waals surface area contributed by atoms with E-state index < -0.39 is 0 Å². The summed E-state index contributed by atoms with van der Waals surface area (Å²) < 4.78 is 0. The molecule has 2 rings (SSSR count). The average molecular weight is 482 g/mol. The second-order valence-corrected chi connectivity index (χ2v) is 10.1. The molecule has 1 aliphatic rings. The van der Waals surface area contributed by atoms with Crippen LogP contribution in [0.5, 0.6) is 0 Å². The van der Waals surface area contributed by atoms with Crippen molar-refractivity contribution < 1.29 is 0 Å². The first kappa shape index (κ1) is 29.1. The molecule has 1 aromatic carbocycles. The lowest BCUT2D eigenvalue weighted by Gasteiger charge is -2.22. The van der Waals surface area contributed by atoms with E-state index in [1.165, 1.54) is 40.7 Å². The number of allylic oxidation sites excluding steroid dienone is 5. The van der Waals surface area contributed by atoms with Crippen LogP contribution in [-0.2, 0) is 0 Å². The van der Waals surface area contributed by atoms with Gasteiger partial charge in [0, 0.05) is 18.3 Å². The summed E-state index contributed by atoms with van der Waals surface area (Å²) in [6, 6.07) is 8.36. The summed E-state index contributed by atoms with van der Waals surface area (Å²) in [7, 11) is 1.86. The van der Waals surface area contributed by atoms with Gasteiger partial charge in [0.1, 0.15) is 0 Å². The minimum absolute atomic E-state index is 0.105. The molecule has 1 aliphatic carbocycles. The van der Waals surface area contributed by atoms with Gasteiger partial charge in [-0.25, -0.2) is 0 Å². The fraction of sp³-hybridized carbons (Fsp3) is 0.455. The van der Waals surface area contributed by atoms with Gasteiger partial charge in [-0.1, -0.05) is 56.2 Å². The van der Waals surface area contributed by atoms with E-state index in [0.717, 1.165) is 42.7 Å². The third-order valence-electron chi connectivity index (χ3n) is 7.05. The minimum Gasteiger partial charge on any atom is -0.303 e. The lowest BCUT2D eigenvalue weighted by atomic mass is 9.83. The first-order chi connectivity index (χ1) is 17.2. The molecule has 1 aromatic rings. The number of nitriles is 1. The SMILES string of the molecule is C#C[C@H](CC)NCCC(=C)C/C(C(=C)C)=C(C(C)=NC)\C(=C/C(C)c1cc(C#N)ccc1C)C1CC1. The van der Waals surface area contributed by atoms with Crippen molar-refractivity contribution in [2.45, 2.75) is 78.7 Å². The molecule has 1 N–H and O–H groups in total. The van der Waals surface area contributed by atoms with Crippen molar-refractivity contribution in [3.05, 3.63) is 82.0 Å². The minimum atomic E-state index is 0.105. The molecule has 0 bridgehead atoms.